The van der Waals surface area contributed by atoms with Crippen molar-refractivity contribution in [2.24, 2.45) is 0 Å². The molecule has 0 radical (unpaired) electrons. The molecule has 1 fully saturated rings. The second-order valence-electron chi connectivity index (χ2n) is 4.53. The van der Waals surface area contributed by atoms with Crippen molar-refractivity contribution in [1.29, 1.82) is 0 Å². The molecule has 0 amide bonds. The van der Waals surface area contributed by atoms with Crippen LogP contribution in [0.2, 0.25) is 0 Å². The highest BCUT2D eigenvalue weighted by atomic mass is 16.6. The summed E-state index contributed by atoms with van der Waals surface area (Å²) in [6.07, 6.45) is -2.66. The molecule has 2 aromatic heterocycles. The monoisotopic (exact) mass is 266 g/mol. The largest absolute Gasteiger partial charge is 0.462 e. The van der Waals surface area contributed by atoms with E-state index >= 15 is 0 Å². The van der Waals surface area contributed by atoms with E-state index in [2.05, 4.69) is 15.0 Å². The highest BCUT2D eigenvalue weighted by Gasteiger charge is 2.47. The van der Waals surface area contributed by atoms with E-state index in [-0.39, 0.29) is 18.1 Å². The summed E-state index contributed by atoms with van der Waals surface area (Å²) in [5.74, 6) is 0. The van der Waals surface area contributed by atoms with Crippen molar-refractivity contribution in [3.05, 3.63) is 16.7 Å². The fraction of sp³-hybridized carbons (Fsp3) is 0.500. The Hall–Kier alpha value is -1.97. The minimum Gasteiger partial charge on any atom is -0.462 e. The summed E-state index contributed by atoms with van der Waals surface area (Å²) in [7, 11) is 0. The van der Waals surface area contributed by atoms with Crippen LogP contribution in [0.15, 0.2) is 11.1 Å². The molecule has 2 aliphatic heterocycles. The Labute approximate surface area is 105 Å². The molecule has 100 valence electrons. The summed E-state index contributed by atoms with van der Waals surface area (Å²) < 4.78 is 11.9. The number of aliphatic hydroxyl groups excluding tert-OH is 2. The summed E-state index contributed by atoms with van der Waals surface area (Å²) in [5, 5.41) is 19.7. The Kier molecular flexibility index (Phi) is 2.03. The molecule has 0 aromatic carbocycles. The van der Waals surface area contributed by atoms with Crippen molar-refractivity contribution in [3.8, 4) is 6.01 Å². The zero-order chi connectivity index (χ0) is 13.1. The fourth-order valence-electron chi connectivity index (χ4n) is 2.44. The highest BCUT2D eigenvalue weighted by Crippen LogP contribution is 2.33. The maximum absolute atomic E-state index is 12.3. The summed E-state index contributed by atoms with van der Waals surface area (Å²) >= 11 is 0. The number of nitrogens with zero attached hydrogens (tertiary/aromatic N) is 3. The third-order valence-electron chi connectivity index (χ3n) is 3.42. The zero-order valence-corrected chi connectivity index (χ0v) is 9.55. The molecule has 2 bridgehead atoms. The first-order valence-corrected chi connectivity index (χ1v) is 5.77. The van der Waals surface area contributed by atoms with Crippen LogP contribution < -0.4 is 10.3 Å². The third kappa shape index (κ3) is 1.31. The van der Waals surface area contributed by atoms with E-state index in [1.807, 2.05) is 0 Å². The van der Waals surface area contributed by atoms with E-state index < -0.39 is 30.1 Å². The number of rotatable bonds is 0. The van der Waals surface area contributed by atoms with Gasteiger partial charge in [-0.05, 0) is 0 Å². The van der Waals surface area contributed by atoms with E-state index in [9.17, 15) is 15.0 Å². The van der Waals surface area contributed by atoms with Crippen LogP contribution in [-0.4, -0.2) is 54.7 Å². The Morgan fingerprint density at radius 1 is 1.42 bits per heavy atom. The topological polar surface area (TPSA) is 122 Å². The maximum atomic E-state index is 12.3. The van der Waals surface area contributed by atoms with Crippen molar-refractivity contribution < 1.29 is 19.7 Å². The zero-order valence-electron chi connectivity index (χ0n) is 9.55. The van der Waals surface area contributed by atoms with Crippen LogP contribution in [0, 0.1) is 0 Å². The van der Waals surface area contributed by atoms with Crippen molar-refractivity contribution in [1.82, 2.24) is 19.5 Å². The Morgan fingerprint density at radius 2 is 2.26 bits per heavy atom. The van der Waals surface area contributed by atoms with Gasteiger partial charge < -0.3 is 24.7 Å². The Morgan fingerprint density at radius 3 is 3.11 bits per heavy atom. The van der Waals surface area contributed by atoms with Crippen LogP contribution >= 0.6 is 0 Å². The molecule has 4 rings (SSSR count). The molecule has 19 heavy (non-hydrogen) atoms. The number of aromatic amines is 1. The van der Waals surface area contributed by atoms with Crippen LogP contribution in [0.25, 0.3) is 11.2 Å². The van der Waals surface area contributed by atoms with Gasteiger partial charge in [0.05, 0.1) is 6.33 Å². The lowest BCUT2D eigenvalue weighted by atomic mass is 10.1. The number of aromatic nitrogens is 4. The fourth-order valence-corrected chi connectivity index (χ4v) is 2.44. The van der Waals surface area contributed by atoms with E-state index in [4.69, 9.17) is 9.47 Å². The predicted molar refractivity (Wildman–Crippen MR) is 59.6 cm³/mol. The molecular formula is C10H10N4O5. The summed E-state index contributed by atoms with van der Waals surface area (Å²) in [6.45, 7) is 0.0147. The Balaban J connectivity index is 2.00. The quantitative estimate of drug-likeness (QED) is 0.510. The van der Waals surface area contributed by atoms with E-state index in [1.54, 1.807) is 0 Å². The van der Waals surface area contributed by atoms with Gasteiger partial charge in [-0.15, -0.1) is 0 Å². The van der Waals surface area contributed by atoms with E-state index in [0.717, 1.165) is 4.57 Å². The number of hydrogen-bond donors (Lipinski definition) is 3. The average molecular weight is 266 g/mol. The third-order valence-corrected chi connectivity index (χ3v) is 3.42. The number of aliphatic hydroxyl groups is 2. The molecule has 9 heteroatoms. The molecule has 4 unspecified atom stereocenters. The van der Waals surface area contributed by atoms with Gasteiger partial charge in [-0.2, -0.15) is 4.98 Å². The van der Waals surface area contributed by atoms with Gasteiger partial charge in [0.15, 0.2) is 17.4 Å². The van der Waals surface area contributed by atoms with Crippen molar-refractivity contribution >= 4 is 11.2 Å². The molecule has 4 atom stereocenters. The van der Waals surface area contributed by atoms with Gasteiger partial charge in [0, 0.05) is 0 Å². The first-order chi connectivity index (χ1) is 9.16. The van der Waals surface area contributed by atoms with Crippen molar-refractivity contribution in [2.45, 2.75) is 24.5 Å². The molecule has 0 spiro atoms. The summed E-state index contributed by atoms with van der Waals surface area (Å²) in [6, 6.07) is 0.0419. The number of imidazole rings is 1. The van der Waals surface area contributed by atoms with E-state index in [0.29, 0.717) is 5.65 Å². The van der Waals surface area contributed by atoms with Gasteiger partial charge in [0.1, 0.15) is 24.9 Å². The van der Waals surface area contributed by atoms with Crippen LogP contribution in [-0.2, 0) is 4.74 Å². The number of ether oxygens (including phenoxy) is 2. The highest BCUT2D eigenvalue weighted by molar-refractivity contribution is 5.68. The predicted octanol–water partition coefficient (Wildman–Crippen LogP) is -1.87. The SMILES string of the molecule is O=c1c2nc[nH]c2nc2n1C1OC(CO2)C(O)C1O. The molecule has 0 saturated carbocycles. The lowest BCUT2D eigenvalue weighted by Crippen LogP contribution is -2.39. The minimum absolute atomic E-state index is 0.0147. The van der Waals surface area contributed by atoms with Gasteiger partial charge in [0.2, 0.25) is 0 Å². The smallest absolute Gasteiger partial charge is 0.303 e. The van der Waals surface area contributed by atoms with Crippen LogP contribution in [0.4, 0.5) is 0 Å². The molecule has 4 heterocycles. The molecule has 2 aliphatic rings. The minimum atomic E-state index is -1.21. The molecule has 0 aliphatic carbocycles. The number of hydrogen-bond acceptors (Lipinski definition) is 7. The molecular weight excluding hydrogens is 256 g/mol. The van der Waals surface area contributed by atoms with Gasteiger partial charge in [-0.3, -0.25) is 4.79 Å². The molecule has 3 N–H and O–H groups in total. The second-order valence-corrected chi connectivity index (χ2v) is 4.53. The van der Waals surface area contributed by atoms with Crippen LogP contribution in [0.1, 0.15) is 6.23 Å². The molecule has 1 saturated heterocycles. The second kappa shape index (κ2) is 3.53. The van der Waals surface area contributed by atoms with E-state index in [1.165, 1.54) is 6.33 Å². The normalized spacial score (nSPS) is 32.9. The van der Waals surface area contributed by atoms with Gasteiger partial charge in [-0.25, -0.2) is 9.55 Å². The van der Waals surface area contributed by atoms with Crippen molar-refractivity contribution in [2.75, 3.05) is 6.61 Å². The standard InChI is InChI=1S/C10H10N4O5/c15-5-3-1-18-10-13-7-4(11-2-12-7)8(17)14(10)9(19-3)6(5)16/h2-3,5-6,9,15-16H,1H2,(H,11,12). The summed E-state index contributed by atoms with van der Waals surface area (Å²) in [4.78, 5) is 23.0. The van der Waals surface area contributed by atoms with Gasteiger partial charge in [0.25, 0.3) is 5.56 Å². The lowest BCUT2D eigenvalue weighted by Gasteiger charge is -2.20. The van der Waals surface area contributed by atoms with Gasteiger partial charge in [-0.1, -0.05) is 0 Å². The van der Waals surface area contributed by atoms with Gasteiger partial charge >= 0.3 is 6.01 Å². The number of fused-ring (bicyclic) bond motifs is 5. The first kappa shape index (κ1) is 10.9. The van der Waals surface area contributed by atoms with Crippen molar-refractivity contribution in [3.63, 3.8) is 0 Å². The summed E-state index contributed by atoms with van der Waals surface area (Å²) in [5.41, 5.74) is -0.0490. The Bertz CT molecular complexity index is 709. The van der Waals surface area contributed by atoms with Crippen LogP contribution in [0.3, 0.4) is 0 Å². The first-order valence-electron chi connectivity index (χ1n) is 5.77. The maximum Gasteiger partial charge on any atom is 0.303 e. The average Bonchev–Trinajstić information content (AvgIpc) is 2.89. The van der Waals surface area contributed by atoms with Crippen LogP contribution in [0.5, 0.6) is 6.01 Å². The molecule has 2 aromatic rings. The number of H-pyrrole nitrogens is 1. The number of nitrogens with one attached hydrogen (secondary N) is 1. The molecule has 9 nitrogen and oxygen atoms in total. The lowest BCUT2D eigenvalue weighted by molar-refractivity contribution is -0.0330.